The van der Waals surface area contributed by atoms with E-state index < -0.39 is 0 Å². The van der Waals surface area contributed by atoms with Crippen molar-refractivity contribution in [2.75, 3.05) is 13.1 Å². The van der Waals surface area contributed by atoms with Crippen LogP contribution in [0.25, 0.3) is 0 Å². The second kappa shape index (κ2) is 11.0. The average molecular weight is 256 g/mol. The van der Waals surface area contributed by atoms with Crippen molar-refractivity contribution < 1.29 is 14.4 Å². The van der Waals surface area contributed by atoms with Crippen molar-refractivity contribution in [2.24, 2.45) is 11.5 Å². The van der Waals surface area contributed by atoms with Crippen molar-refractivity contribution in [1.82, 2.24) is 0 Å². The Morgan fingerprint density at radius 1 is 0.556 bits per heavy atom. The SMILES string of the molecule is NCCCC(=O)CCC(=O)CCC(=O)CCCN. The molecule has 0 fully saturated rings. The topological polar surface area (TPSA) is 103 Å². The number of hydrogen-bond donors (Lipinski definition) is 2. The number of carbonyl (C=O) groups excluding carboxylic acids is 3. The highest BCUT2D eigenvalue weighted by atomic mass is 16.1. The van der Waals surface area contributed by atoms with Gasteiger partial charge in [-0.05, 0) is 25.9 Å². The summed E-state index contributed by atoms with van der Waals surface area (Å²) in [5.41, 5.74) is 10.6. The summed E-state index contributed by atoms with van der Waals surface area (Å²) in [6.45, 7) is 0.991. The molecule has 0 aliphatic carbocycles. The summed E-state index contributed by atoms with van der Waals surface area (Å²) >= 11 is 0. The summed E-state index contributed by atoms with van der Waals surface area (Å²) in [6.07, 6.45) is 3.26. The molecule has 0 saturated carbocycles. The first-order chi connectivity index (χ1) is 8.60. The lowest BCUT2D eigenvalue weighted by molar-refractivity contribution is -0.126. The Morgan fingerprint density at radius 2 is 0.833 bits per heavy atom. The Hall–Kier alpha value is -1.07. The van der Waals surface area contributed by atoms with Crippen molar-refractivity contribution >= 4 is 17.3 Å². The monoisotopic (exact) mass is 256 g/mol. The van der Waals surface area contributed by atoms with Crippen LogP contribution in [0.3, 0.4) is 0 Å². The molecule has 0 rings (SSSR count). The van der Waals surface area contributed by atoms with Gasteiger partial charge in [0.2, 0.25) is 0 Å². The van der Waals surface area contributed by atoms with Gasteiger partial charge >= 0.3 is 0 Å². The molecule has 0 aliphatic heterocycles. The van der Waals surface area contributed by atoms with E-state index in [1.54, 1.807) is 0 Å². The van der Waals surface area contributed by atoms with Gasteiger partial charge in [-0.1, -0.05) is 0 Å². The number of rotatable bonds is 12. The zero-order valence-corrected chi connectivity index (χ0v) is 11.0. The Morgan fingerprint density at radius 3 is 1.11 bits per heavy atom. The molecule has 0 atom stereocenters. The summed E-state index contributed by atoms with van der Waals surface area (Å²) in [4.78, 5) is 34.0. The van der Waals surface area contributed by atoms with Crippen LogP contribution in [0, 0.1) is 0 Å². The van der Waals surface area contributed by atoms with E-state index in [0.717, 1.165) is 0 Å². The summed E-state index contributed by atoms with van der Waals surface area (Å²) < 4.78 is 0. The number of Topliss-reactive ketones (excluding diaryl/α,β-unsaturated/α-hetero) is 3. The smallest absolute Gasteiger partial charge is 0.133 e. The second-order valence-corrected chi connectivity index (χ2v) is 4.40. The maximum Gasteiger partial charge on any atom is 0.133 e. The van der Waals surface area contributed by atoms with Gasteiger partial charge in [-0.3, -0.25) is 14.4 Å². The lowest BCUT2D eigenvalue weighted by Gasteiger charge is -2.01. The van der Waals surface area contributed by atoms with Crippen molar-refractivity contribution in [3.05, 3.63) is 0 Å². The Labute approximate surface area is 108 Å². The predicted octanol–water partition coefficient (Wildman–Crippen LogP) is 0.732. The predicted molar refractivity (Wildman–Crippen MR) is 70.1 cm³/mol. The molecule has 0 unspecified atom stereocenters. The van der Waals surface area contributed by atoms with Gasteiger partial charge in [0.05, 0.1) is 0 Å². The minimum atomic E-state index is -0.0165. The molecule has 104 valence electrons. The van der Waals surface area contributed by atoms with E-state index in [4.69, 9.17) is 11.5 Å². The fraction of sp³-hybridized carbons (Fsp3) is 0.769. The molecule has 0 amide bonds. The highest BCUT2D eigenvalue weighted by Gasteiger charge is 2.09. The molecule has 5 heteroatoms. The van der Waals surface area contributed by atoms with E-state index in [2.05, 4.69) is 0 Å². The first-order valence-electron chi connectivity index (χ1n) is 6.55. The molecule has 0 radical (unpaired) electrons. The molecule has 0 spiro atoms. The maximum atomic E-state index is 11.4. The summed E-state index contributed by atoms with van der Waals surface area (Å²) in [5, 5.41) is 0. The standard InChI is InChI=1S/C13H24N2O3/c14-9-1-3-11(16)5-7-13(18)8-6-12(17)4-2-10-15/h1-10,14-15H2. The van der Waals surface area contributed by atoms with E-state index in [-0.39, 0.29) is 43.0 Å². The van der Waals surface area contributed by atoms with Crippen molar-refractivity contribution in [3.8, 4) is 0 Å². The fourth-order valence-corrected chi connectivity index (χ4v) is 1.53. The van der Waals surface area contributed by atoms with Gasteiger partial charge < -0.3 is 11.5 Å². The molecule has 0 aliphatic rings. The molecule has 0 saturated heterocycles. The summed E-state index contributed by atoms with van der Waals surface area (Å²) in [7, 11) is 0. The van der Waals surface area contributed by atoms with Crippen LogP contribution in [0.15, 0.2) is 0 Å². The maximum absolute atomic E-state index is 11.4. The largest absolute Gasteiger partial charge is 0.330 e. The van der Waals surface area contributed by atoms with Crippen LogP contribution in [-0.2, 0) is 14.4 Å². The van der Waals surface area contributed by atoms with E-state index in [9.17, 15) is 14.4 Å². The van der Waals surface area contributed by atoms with Gasteiger partial charge in [0.1, 0.15) is 17.3 Å². The van der Waals surface area contributed by atoms with Crippen LogP contribution in [0.1, 0.15) is 51.4 Å². The molecule has 0 aromatic heterocycles. The number of hydrogen-bond acceptors (Lipinski definition) is 5. The number of carbonyl (C=O) groups is 3. The number of nitrogens with two attached hydrogens (primary N) is 2. The van der Waals surface area contributed by atoms with Gasteiger partial charge in [0.25, 0.3) is 0 Å². The molecular weight excluding hydrogens is 232 g/mol. The van der Waals surface area contributed by atoms with Crippen LogP contribution < -0.4 is 11.5 Å². The molecular formula is C13H24N2O3. The van der Waals surface area contributed by atoms with E-state index in [0.29, 0.717) is 38.8 Å². The van der Waals surface area contributed by atoms with E-state index in [1.807, 2.05) is 0 Å². The van der Waals surface area contributed by atoms with Crippen molar-refractivity contribution in [1.29, 1.82) is 0 Å². The molecule has 0 aromatic carbocycles. The van der Waals surface area contributed by atoms with Crippen LogP contribution in [0.4, 0.5) is 0 Å². The first kappa shape index (κ1) is 16.9. The molecule has 0 aromatic rings. The molecule has 18 heavy (non-hydrogen) atoms. The average Bonchev–Trinajstić information content (AvgIpc) is 2.37. The first-order valence-corrected chi connectivity index (χ1v) is 6.55. The highest BCUT2D eigenvalue weighted by molar-refractivity contribution is 5.89. The molecule has 5 nitrogen and oxygen atoms in total. The lowest BCUT2D eigenvalue weighted by Crippen LogP contribution is -2.09. The summed E-state index contributed by atoms with van der Waals surface area (Å²) in [6, 6.07) is 0. The second-order valence-electron chi connectivity index (χ2n) is 4.40. The van der Waals surface area contributed by atoms with E-state index in [1.165, 1.54) is 0 Å². The van der Waals surface area contributed by atoms with Gasteiger partial charge in [0, 0.05) is 38.5 Å². The third-order valence-electron chi connectivity index (χ3n) is 2.68. The van der Waals surface area contributed by atoms with Gasteiger partial charge in [-0.2, -0.15) is 0 Å². The van der Waals surface area contributed by atoms with Crippen molar-refractivity contribution in [2.45, 2.75) is 51.4 Å². The minimum absolute atomic E-state index is 0.0165. The molecule has 0 heterocycles. The van der Waals surface area contributed by atoms with Crippen LogP contribution >= 0.6 is 0 Å². The Kier molecular flexibility index (Phi) is 10.4. The zero-order chi connectivity index (χ0) is 13.8. The van der Waals surface area contributed by atoms with Gasteiger partial charge in [-0.25, -0.2) is 0 Å². The minimum Gasteiger partial charge on any atom is -0.330 e. The Balaban J connectivity index is 3.59. The third-order valence-corrected chi connectivity index (χ3v) is 2.68. The van der Waals surface area contributed by atoms with Crippen LogP contribution in [-0.4, -0.2) is 30.4 Å². The zero-order valence-electron chi connectivity index (χ0n) is 11.0. The van der Waals surface area contributed by atoms with Crippen LogP contribution in [0.2, 0.25) is 0 Å². The van der Waals surface area contributed by atoms with Gasteiger partial charge in [0.15, 0.2) is 0 Å². The summed E-state index contributed by atoms with van der Waals surface area (Å²) in [5.74, 6) is 0.128. The van der Waals surface area contributed by atoms with Gasteiger partial charge in [-0.15, -0.1) is 0 Å². The normalized spacial score (nSPS) is 10.3. The third kappa shape index (κ3) is 10.1. The molecule has 4 N–H and O–H groups in total. The quantitative estimate of drug-likeness (QED) is 0.536. The lowest BCUT2D eigenvalue weighted by atomic mass is 10.0. The fourth-order valence-electron chi connectivity index (χ4n) is 1.53. The number of ketones is 3. The Bertz CT molecular complexity index is 251. The van der Waals surface area contributed by atoms with E-state index >= 15 is 0 Å². The highest BCUT2D eigenvalue weighted by Crippen LogP contribution is 2.05. The van der Waals surface area contributed by atoms with Crippen LogP contribution in [0.5, 0.6) is 0 Å². The molecule has 0 bridgehead atoms. The van der Waals surface area contributed by atoms with Crippen molar-refractivity contribution in [3.63, 3.8) is 0 Å².